The predicted octanol–water partition coefficient (Wildman–Crippen LogP) is 4.54. The maximum absolute atomic E-state index is 13.8. The topological polar surface area (TPSA) is 49.3 Å². The summed E-state index contributed by atoms with van der Waals surface area (Å²) < 4.78 is 13.8. The molecule has 0 aliphatic heterocycles. The van der Waals surface area contributed by atoms with E-state index in [1.54, 1.807) is 13.8 Å². The molecule has 0 unspecified atom stereocenters. The van der Waals surface area contributed by atoms with Crippen molar-refractivity contribution < 1.29 is 14.3 Å². The second kappa shape index (κ2) is 5.51. The molecule has 104 valence electrons. The summed E-state index contributed by atoms with van der Waals surface area (Å²) in [6.45, 7) is 3.57. The third-order valence-electron chi connectivity index (χ3n) is 2.92. The van der Waals surface area contributed by atoms with Gasteiger partial charge in [-0.05, 0) is 43.2 Å². The van der Waals surface area contributed by atoms with Crippen molar-refractivity contribution in [2.45, 2.75) is 13.8 Å². The van der Waals surface area contributed by atoms with Crippen LogP contribution in [-0.4, -0.2) is 11.1 Å². The van der Waals surface area contributed by atoms with Gasteiger partial charge in [-0.1, -0.05) is 23.7 Å². The third kappa shape index (κ3) is 2.75. The standard InChI is InChI=1S/C15H13ClFNO2/c1-8-6-9(2)13(10(7-8)15(19)20)18-14-11(16)4-3-5-12(14)17/h3-7,18H,1-2H3,(H,19,20). The Morgan fingerprint density at radius 1 is 1.25 bits per heavy atom. The molecule has 0 atom stereocenters. The van der Waals surface area contributed by atoms with E-state index < -0.39 is 11.8 Å². The van der Waals surface area contributed by atoms with Crippen molar-refractivity contribution in [1.29, 1.82) is 0 Å². The highest BCUT2D eigenvalue weighted by Gasteiger charge is 2.16. The van der Waals surface area contributed by atoms with Crippen molar-refractivity contribution in [3.8, 4) is 0 Å². The molecular formula is C15H13ClFNO2. The summed E-state index contributed by atoms with van der Waals surface area (Å²) >= 11 is 5.95. The molecule has 0 aromatic heterocycles. The Labute approximate surface area is 121 Å². The number of carboxylic acid groups (broad SMARTS) is 1. The first-order chi connectivity index (χ1) is 9.40. The van der Waals surface area contributed by atoms with Crippen LogP contribution in [0.1, 0.15) is 21.5 Å². The maximum atomic E-state index is 13.8. The van der Waals surface area contributed by atoms with E-state index in [0.717, 1.165) is 5.56 Å². The van der Waals surface area contributed by atoms with Crippen molar-refractivity contribution in [3.63, 3.8) is 0 Å². The third-order valence-corrected chi connectivity index (χ3v) is 3.24. The lowest BCUT2D eigenvalue weighted by molar-refractivity contribution is 0.0698. The normalized spacial score (nSPS) is 10.4. The molecule has 0 aliphatic rings. The number of rotatable bonds is 3. The van der Waals surface area contributed by atoms with E-state index in [2.05, 4.69) is 5.32 Å². The average molecular weight is 294 g/mol. The zero-order valence-electron chi connectivity index (χ0n) is 11.0. The zero-order chi connectivity index (χ0) is 14.9. The fourth-order valence-electron chi connectivity index (χ4n) is 2.04. The van der Waals surface area contributed by atoms with Crippen LogP contribution in [0.4, 0.5) is 15.8 Å². The van der Waals surface area contributed by atoms with Gasteiger partial charge >= 0.3 is 5.97 Å². The smallest absolute Gasteiger partial charge is 0.337 e. The molecule has 0 radical (unpaired) electrons. The summed E-state index contributed by atoms with van der Waals surface area (Å²) in [4.78, 5) is 11.3. The van der Waals surface area contributed by atoms with E-state index in [-0.39, 0.29) is 16.3 Å². The Kier molecular flexibility index (Phi) is 3.95. The van der Waals surface area contributed by atoms with Gasteiger partial charge in [0.2, 0.25) is 0 Å². The van der Waals surface area contributed by atoms with Gasteiger partial charge in [0.25, 0.3) is 0 Å². The second-order valence-electron chi connectivity index (χ2n) is 4.53. The average Bonchev–Trinajstić information content (AvgIpc) is 2.35. The highest BCUT2D eigenvalue weighted by Crippen LogP contribution is 2.32. The number of aromatic carboxylic acids is 1. The first-order valence-electron chi connectivity index (χ1n) is 5.95. The molecule has 0 bridgehead atoms. The molecule has 5 heteroatoms. The fraction of sp³-hybridized carbons (Fsp3) is 0.133. The van der Waals surface area contributed by atoms with Crippen molar-refractivity contribution >= 4 is 28.9 Å². The molecule has 0 fully saturated rings. The van der Waals surface area contributed by atoms with Crippen LogP contribution >= 0.6 is 11.6 Å². The minimum Gasteiger partial charge on any atom is -0.478 e. The van der Waals surface area contributed by atoms with Crippen LogP contribution in [0.2, 0.25) is 5.02 Å². The van der Waals surface area contributed by atoms with Crippen molar-refractivity contribution in [2.75, 3.05) is 5.32 Å². The number of benzene rings is 2. The van der Waals surface area contributed by atoms with Gasteiger partial charge in [-0.2, -0.15) is 0 Å². The number of aryl methyl sites for hydroxylation is 2. The molecule has 2 N–H and O–H groups in total. The maximum Gasteiger partial charge on any atom is 0.337 e. The van der Waals surface area contributed by atoms with Crippen LogP contribution in [0, 0.1) is 19.7 Å². The Balaban J connectivity index is 2.56. The Morgan fingerprint density at radius 2 is 1.95 bits per heavy atom. The Hall–Kier alpha value is -2.07. The molecule has 0 spiro atoms. The summed E-state index contributed by atoms with van der Waals surface area (Å²) in [5.74, 6) is -1.61. The highest BCUT2D eigenvalue weighted by atomic mass is 35.5. The fourth-order valence-corrected chi connectivity index (χ4v) is 2.25. The summed E-state index contributed by atoms with van der Waals surface area (Å²) in [6, 6.07) is 7.65. The Morgan fingerprint density at radius 3 is 2.55 bits per heavy atom. The first-order valence-corrected chi connectivity index (χ1v) is 6.33. The quantitative estimate of drug-likeness (QED) is 0.873. The lowest BCUT2D eigenvalue weighted by Crippen LogP contribution is -2.06. The minimum absolute atomic E-state index is 0.0728. The molecule has 0 aliphatic carbocycles. The number of anilines is 2. The largest absolute Gasteiger partial charge is 0.478 e. The molecule has 0 saturated carbocycles. The van der Waals surface area contributed by atoms with Gasteiger partial charge in [-0.3, -0.25) is 0 Å². The van der Waals surface area contributed by atoms with Crippen LogP contribution in [-0.2, 0) is 0 Å². The lowest BCUT2D eigenvalue weighted by atomic mass is 10.0. The van der Waals surface area contributed by atoms with Gasteiger partial charge in [-0.15, -0.1) is 0 Å². The van der Waals surface area contributed by atoms with Gasteiger partial charge in [0, 0.05) is 0 Å². The number of nitrogens with one attached hydrogen (secondary N) is 1. The van der Waals surface area contributed by atoms with Gasteiger partial charge in [0.15, 0.2) is 0 Å². The SMILES string of the molecule is Cc1cc(C)c(Nc2c(F)cccc2Cl)c(C(=O)O)c1. The zero-order valence-corrected chi connectivity index (χ0v) is 11.8. The summed E-state index contributed by atoms with van der Waals surface area (Å²) in [5.41, 5.74) is 2.03. The van der Waals surface area contributed by atoms with Crippen molar-refractivity contribution in [2.24, 2.45) is 0 Å². The molecule has 2 aromatic carbocycles. The molecule has 20 heavy (non-hydrogen) atoms. The van der Waals surface area contributed by atoms with Crippen LogP contribution in [0.3, 0.4) is 0 Å². The number of carbonyl (C=O) groups is 1. The number of hydrogen-bond acceptors (Lipinski definition) is 2. The Bertz CT molecular complexity index is 666. The van der Waals surface area contributed by atoms with Crippen LogP contribution in [0.25, 0.3) is 0 Å². The lowest BCUT2D eigenvalue weighted by Gasteiger charge is -2.15. The van der Waals surface area contributed by atoms with E-state index in [9.17, 15) is 14.3 Å². The van der Waals surface area contributed by atoms with Gasteiger partial charge in [0.05, 0.1) is 22.0 Å². The van der Waals surface area contributed by atoms with Crippen molar-refractivity contribution in [3.05, 3.63) is 57.9 Å². The monoisotopic (exact) mass is 293 g/mol. The van der Waals surface area contributed by atoms with E-state index in [0.29, 0.717) is 11.3 Å². The molecule has 2 rings (SSSR count). The highest BCUT2D eigenvalue weighted by molar-refractivity contribution is 6.33. The van der Waals surface area contributed by atoms with Crippen LogP contribution in [0.5, 0.6) is 0 Å². The summed E-state index contributed by atoms with van der Waals surface area (Å²) in [5, 5.41) is 12.3. The summed E-state index contributed by atoms with van der Waals surface area (Å²) in [7, 11) is 0. The van der Waals surface area contributed by atoms with Gasteiger partial charge < -0.3 is 10.4 Å². The van der Waals surface area contributed by atoms with Crippen molar-refractivity contribution in [1.82, 2.24) is 0 Å². The molecule has 3 nitrogen and oxygen atoms in total. The summed E-state index contributed by atoms with van der Waals surface area (Å²) in [6.07, 6.45) is 0. The van der Waals surface area contributed by atoms with Gasteiger partial charge in [-0.25, -0.2) is 9.18 Å². The molecule has 0 saturated heterocycles. The van der Waals surface area contributed by atoms with E-state index in [1.165, 1.54) is 24.3 Å². The van der Waals surface area contributed by atoms with E-state index in [4.69, 9.17) is 11.6 Å². The van der Waals surface area contributed by atoms with E-state index in [1.807, 2.05) is 6.07 Å². The molecule has 0 heterocycles. The van der Waals surface area contributed by atoms with E-state index >= 15 is 0 Å². The molecular weight excluding hydrogens is 281 g/mol. The van der Waals surface area contributed by atoms with Gasteiger partial charge in [0.1, 0.15) is 5.82 Å². The first kappa shape index (κ1) is 14.3. The minimum atomic E-state index is -1.08. The molecule has 2 aromatic rings. The second-order valence-corrected chi connectivity index (χ2v) is 4.94. The number of para-hydroxylation sites is 1. The molecule has 0 amide bonds. The number of carboxylic acids is 1. The van der Waals surface area contributed by atoms with Crippen LogP contribution < -0.4 is 5.32 Å². The number of halogens is 2. The van der Waals surface area contributed by atoms with Crippen LogP contribution in [0.15, 0.2) is 30.3 Å². The predicted molar refractivity (Wildman–Crippen MR) is 77.6 cm³/mol. The number of hydrogen-bond donors (Lipinski definition) is 2.